The summed E-state index contributed by atoms with van der Waals surface area (Å²) < 4.78 is 11.4. The maximum Gasteiger partial charge on any atom is 0.0897 e. The van der Waals surface area contributed by atoms with Gasteiger partial charge in [0.25, 0.3) is 0 Å². The molecule has 0 fully saturated rings. The molecule has 60 valence electrons. The molecule has 0 radical (unpaired) electrons. The Bertz CT molecular complexity index is 35.5. The fraction of sp³-hybridized carbons (Fsp3) is 1.00. The first-order valence-corrected chi connectivity index (χ1v) is 2.87. The van der Waals surface area contributed by atoms with E-state index in [1.54, 1.807) is 0 Å². The summed E-state index contributed by atoms with van der Waals surface area (Å²) in [4.78, 5) is 0. The van der Waals surface area contributed by atoms with Crippen LogP contribution in [0.25, 0.3) is 0 Å². The van der Waals surface area contributed by atoms with Crippen molar-refractivity contribution in [3.63, 3.8) is 0 Å². The minimum atomic E-state index is -0.158. The predicted molar refractivity (Wildman–Crippen MR) is 43.5 cm³/mol. The van der Waals surface area contributed by atoms with Gasteiger partial charge in [-0.15, -0.1) is 0 Å². The fourth-order valence-electron chi connectivity index (χ4n) is 0.390. The van der Waals surface area contributed by atoms with Crippen molar-refractivity contribution >= 4 is 0 Å². The maximum atomic E-state index is 11.4. The maximum absolute atomic E-state index is 11.4. The van der Waals surface area contributed by atoms with E-state index in [1.807, 2.05) is 0 Å². The van der Waals surface area contributed by atoms with Gasteiger partial charge >= 0.3 is 0 Å². The third-order valence-electron chi connectivity index (χ3n) is 1.30. The van der Waals surface area contributed by atoms with Crippen molar-refractivity contribution in [2.45, 2.75) is 41.5 Å². The van der Waals surface area contributed by atoms with Crippen LogP contribution in [-0.2, 0) is 0 Å². The molecule has 1 unspecified atom stereocenters. The van der Waals surface area contributed by atoms with Crippen LogP contribution in [0.4, 0.5) is 4.39 Å². The Morgan fingerprint density at radius 1 is 1.33 bits per heavy atom. The topological polar surface area (TPSA) is 0 Å². The molecule has 0 aliphatic carbocycles. The van der Waals surface area contributed by atoms with Crippen molar-refractivity contribution in [3.8, 4) is 0 Å². The fourth-order valence-corrected chi connectivity index (χ4v) is 0.390. The number of hydrogen-bond acceptors (Lipinski definition) is 0. The highest BCUT2D eigenvalue weighted by atomic mass is 19.1. The van der Waals surface area contributed by atoms with E-state index in [0.717, 1.165) is 12.8 Å². The van der Waals surface area contributed by atoms with E-state index in [9.17, 15) is 4.39 Å². The lowest BCUT2D eigenvalue weighted by Gasteiger charge is -2.00. The standard InChI is InChI=1S/C6H13F.2CH4/c1-3-6(2)4-5-7;;/h6H,3-5H2,1-2H3;2*1H4. The van der Waals surface area contributed by atoms with Gasteiger partial charge in [-0.1, -0.05) is 35.1 Å². The van der Waals surface area contributed by atoms with Crippen molar-refractivity contribution in [2.24, 2.45) is 5.92 Å². The Hall–Kier alpha value is -0.0700. The zero-order valence-electron chi connectivity index (χ0n) is 5.08. The second-order valence-electron chi connectivity index (χ2n) is 1.99. The summed E-state index contributed by atoms with van der Waals surface area (Å²) in [5.41, 5.74) is 0. The van der Waals surface area contributed by atoms with Crippen LogP contribution in [0.1, 0.15) is 41.5 Å². The van der Waals surface area contributed by atoms with Crippen LogP contribution < -0.4 is 0 Å². The zero-order valence-corrected chi connectivity index (χ0v) is 5.08. The van der Waals surface area contributed by atoms with Crippen LogP contribution in [-0.4, -0.2) is 6.67 Å². The van der Waals surface area contributed by atoms with Crippen LogP contribution in [0.15, 0.2) is 0 Å². The van der Waals surface area contributed by atoms with Crippen LogP contribution in [0.2, 0.25) is 0 Å². The molecule has 0 aliphatic heterocycles. The minimum Gasteiger partial charge on any atom is -0.251 e. The number of alkyl halides is 1. The van der Waals surface area contributed by atoms with Gasteiger partial charge in [-0.3, -0.25) is 4.39 Å². The van der Waals surface area contributed by atoms with Gasteiger partial charge in [-0.25, -0.2) is 0 Å². The van der Waals surface area contributed by atoms with Crippen LogP contribution in [0, 0.1) is 5.92 Å². The summed E-state index contributed by atoms with van der Waals surface area (Å²) in [6, 6.07) is 0. The normalized spacial score (nSPS) is 11.0. The summed E-state index contributed by atoms with van der Waals surface area (Å²) in [5, 5.41) is 0. The van der Waals surface area contributed by atoms with Crippen molar-refractivity contribution in [3.05, 3.63) is 0 Å². The van der Waals surface area contributed by atoms with E-state index >= 15 is 0 Å². The second kappa shape index (κ2) is 10.8. The monoisotopic (exact) mass is 136 g/mol. The molecule has 0 N–H and O–H groups in total. The zero-order chi connectivity index (χ0) is 5.70. The molecule has 0 aromatic heterocycles. The average molecular weight is 136 g/mol. The summed E-state index contributed by atoms with van der Waals surface area (Å²) in [7, 11) is 0. The van der Waals surface area contributed by atoms with Crippen molar-refractivity contribution < 1.29 is 4.39 Å². The van der Waals surface area contributed by atoms with E-state index in [1.165, 1.54) is 0 Å². The molecule has 0 aromatic carbocycles. The van der Waals surface area contributed by atoms with Gasteiger partial charge in [0.2, 0.25) is 0 Å². The summed E-state index contributed by atoms with van der Waals surface area (Å²) >= 11 is 0. The van der Waals surface area contributed by atoms with E-state index in [0.29, 0.717) is 5.92 Å². The van der Waals surface area contributed by atoms with Gasteiger partial charge in [0, 0.05) is 0 Å². The molecule has 0 bridgehead atoms. The number of hydrogen-bond donors (Lipinski definition) is 0. The molecular weight excluding hydrogens is 115 g/mol. The molecule has 0 nitrogen and oxygen atoms in total. The largest absolute Gasteiger partial charge is 0.251 e. The molecule has 0 saturated heterocycles. The van der Waals surface area contributed by atoms with Gasteiger partial charge in [-0.05, 0) is 12.3 Å². The highest BCUT2D eigenvalue weighted by Gasteiger charge is 1.94. The van der Waals surface area contributed by atoms with Crippen molar-refractivity contribution in [2.75, 3.05) is 6.67 Å². The Morgan fingerprint density at radius 3 is 1.89 bits per heavy atom. The molecule has 1 heteroatoms. The Balaban J connectivity index is -0.000000180. The molecule has 0 saturated carbocycles. The number of rotatable bonds is 3. The predicted octanol–water partition coefficient (Wildman–Crippen LogP) is 3.66. The van der Waals surface area contributed by atoms with Gasteiger partial charge in [0.15, 0.2) is 0 Å². The molecule has 0 rings (SSSR count). The lowest BCUT2D eigenvalue weighted by atomic mass is 10.1. The molecule has 0 aromatic rings. The van der Waals surface area contributed by atoms with Gasteiger partial charge in [0.1, 0.15) is 0 Å². The molecule has 1 atom stereocenters. The molecule has 0 spiro atoms. The first-order chi connectivity index (χ1) is 3.31. The number of halogens is 1. The first kappa shape index (κ1) is 16.0. The smallest absolute Gasteiger partial charge is 0.0897 e. The Morgan fingerprint density at radius 2 is 1.78 bits per heavy atom. The second-order valence-corrected chi connectivity index (χ2v) is 1.99. The van der Waals surface area contributed by atoms with Gasteiger partial charge < -0.3 is 0 Å². The quantitative estimate of drug-likeness (QED) is 0.555. The van der Waals surface area contributed by atoms with Crippen LogP contribution in [0.5, 0.6) is 0 Å². The van der Waals surface area contributed by atoms with Gasteiger partial charge in [-0.2, -0.15) is 0 Å². The third-order valence-corrected chi connectivity index (χ3v) is 1.30. The van der Waals surface area contributed by atoms with Crippen LogP contribution >= 0.6 is 0 Å². The molecule has 0 heterocycles. The van der Waals surface area contributed by atoms with E-state index in [-0.39, 0.29) is 21.5 Å². The minimum absolute atomic E-state index is 0. The van der Waals surface area contributed by atoms with E-state index in [2.05, 4.69) is 13.8 Å². The molecule has 0 amide bonds. The lowest BCUT2D eigenvalue weighted by Crippen LogP contribution is -1.91. The first-order valence-electron chi connectivity index (χ1n) is 2.87. The lowest BCUT2D eigenvalue weighted by molar-refractivity contribution is 0.398. The highest BCUT2D eigenvalue weighted by Crippen LogP contribution is 2.04. The molecule has 0 aliphatic rings. The Labute approximate surface area is 59.5 Å². The SMILES string of the molecule is C.C.CCC(C)CCF. The van der Waals surface area contributed by atoms with Gasteiger partial charge in [0.05, 0.1) is 6.67 Å². The van der Waals surface area contributed by atoms with Crippen molar-refractivity contribution in [1.82, 2.24) is 0 Å². The van der Waals surface area contributed by atoms with Crippen molar-refractivity contribution in [1.29, 1.82) is 0 Å². The summed E-state index contributed by atoms with van der Waals surface area (Å²) in [6.45, 7) is 3.99. The summed E-state index contributed by atoms with van der Waals surface area (Å²) in [6.07, 6.45) is 1.83. The molecule has 9 heavy (non-hydrogen) atoms. The summed E-state index contributed by atoms with van der Waals surface area (Å²) in [5.74, 6) is 0.574. The Kier molecular flexibility index (Phi) is 19.2. The van der Waals surface area contributed by atoms with E-state index < -0.39 is 0 Å². The highest BCUT2D eigenvalue weighted by molar-refractivity contribution is 4.46. The van der Waals surface area contributed by atoms with Crippen LogP contribution in [0.3, 0.4) is 0 Å². The average Bonchev–Trinajstić information content (AvgIpc) is 1.68. The molecular formula is C8H21F. The van der Waals surface area contributed by atoms with E-state index in [4.69, 9.17) is 0 Å². The third kappa shape index (κ3) is 11.5.